The Kier molecular flexibility index (Phi) is 5.54. The standard InChI is InChI=1S/C11H18F4N2O2/c1-16-4-2-8(3-5-16)17(6-7-18)10(19)11(14,15)9(12)13/h8-9,18H,2-7H2,1H3. The van der Waals surface area contributed by atoms with Crippen LogP contribution in [0.5, 0.6) is 0 Å². The van der Waals surface area contributed by atoms with Gasteiger partial charge in [0.15, 0.2) is 0 Å². The van der Waals surface area contributed by atoms with Gasteiger partial charge in [-0.05, 0) is 33.0 Å². The molecule has 112 valence electrons. The first kappa shape index (κ1) is 16.2. The molecule has 1 aliphatic heterocycles. The van der Waals surface area contributed by atoms with Gasteiger partial charge in [-0.3, -0.25) is 4.79 Å². The highest BCUT2D eigenvalue weighted by Gasteiger charge is 2.52. The van der Waals surface area contributed by atoms with E-state index >= 15 is 0 Å². The van der Waals surface area contributed by atoms with Crippen LogP contribution < -0.4 is 0 Å². The molecule has 1 heterocycles. The summed E-state index contributed by atoms with van der Waals surface area (Å²) in [5, 5.41) is 8.84. The molecule has 0 aromatic carbocycles. The van der Waals surface area contributed by atoms with E-state index in [1.807, 2.05) is 11.9 Å². The molecular formula is C11H18F4N2O2. The Balaban J connectivity index is 2.79. The van der Waals surface area contributed by atoms with Gasteiger partial charge in [-0.25, -0.2) is 8.78 Å². The van der Waals surface area contributed by atoms with Crippen LogP contribution in [0.25, 0.3) is 0 Å². The maximum absolute atomic E-state index is 13.1. The molecular weight excluding hydrogens is 268 g/mol. The highest BCUT2D eigenvalue weighted by Crippen LogP contribution is 2.28. The lowest BCUT2D eigenvalue weighted by Gasteiger charge is -2.38. The smallest absolute Gasteiger partial charge is 0.383 e. The van der Waals surface area contributed by atoms with E-state index < -0.39 is 30.9 Å². The zero-order chi connectivity index (χ0) is 14.6. The van der Waals surface area contributed by atoms with Crippen molar-refractivity contribution in [1.29, 1.82) is 0 Å². The number of hydrogen-bond donors (Lipinski definition) is 1. The molecule has 1 fully saturated rings. The van der Waals surface area contributed by atoms with E-state index in [0.29, 0.717) is 30.8 Å². The van der Waals surface area contributed by atoms with Crippen LogP contribution in [0, 0.1) is 0 Å². The molecule has 0 saturated carbocycles. The third kappa shape index (κ3) is 3.79. The molecule has 1 N–H and O–H groups in total. The van der Waals surface area contributed by atoms with E-state index in [0.717, 1.165) is 0 Å². The average Bonchev–Trinajstić information content (AvgIpc) is 2.36. The second-order valence-electron chi connectivity index (χ2n) is 4.68. The minimum absolute atomic E-state index is 0.352. The first-order chi connectivity index (χ1) is 8.80. The van der Waals surface area contributed by atoms with Crippen molar-refractivity contribution >= 4 is 5.91 Å². The number of aliphatic hydroxyl groups is 1. The van der Waals surface area contributed by atoms with Crippen LogP contribution in [0.4, 0.5) is 17.6 Å². The lowest BCUT2D eigenvalue weighted by atomic mass is 10.0. The molecule has 0 spiro atoms. The molecule has 0 unspecified atom stereocenters. The Labute approximate surface area is 109 Å². The van der Waals surface area contributed by atoms with Crippen LogP contribution in [0.15, 0.2) is 0 Å². The van der Waals surface area contributed by atoms with Crippen molar-refractivity contribution < 1.29 is 27.5 Å². The summed E-state index contributed by atoms with van der Waals surface area (Å²) in [6.45, 7) is 0.313. The van der Waals surface area contributed by atoms with Gasteiger partial charge in [0.05, 0.1) is 6.61 Å². The van der Waals surface area contributed by atoms with Crippen molar-refractivity contribution in [2.75, 3.05) is 33.3 Å². The maximum atomic E-state index is 13.1. The number of likely N-dealkylation sites (tertiary alicyclic amines) is 1. The summed E-state index contributed by atoms with van der Waals surface area (Å²) in [6.07, 6.45) is -3.17. The molecule has 0 bridgehead atoms. The van der Waals surface area contributed by atoms with Gasteiger partial charge in [-0.2, -0.15) is 8.78 Å². The largest absolute Gasteiger partial charge is 0.395 e. The topological polar surface area (TPSA) is 43.8 Å². The highest BCUT2D eigenvalue weighted by molar-refractivity contribution is 5.84. The van der Waals surface area contributed by atoms with Gasteiger partial charge in [-0.15, -0.1) is 0 Å². The van der Waals surface area contributed by atoms with Gasteiger partial charge >= 0.3 is 12.3 Å². The van der Waals surface area contributed by atoms with Crippen LogP contribution in [0.3, 0.4) is 0 Å². The number of aliphatic hydroxyl groups excluding tert-OH is 1. The molecule has 0 radical (unpaired) electrons. The van der Waals surface area contributed by atoms with Gasteiger partial charge in [0.1, 0.15) is 0 Å². The van der Waals surface area contributed by atoms with Crippen LogP contribution >= 0.6 is 0 Å². The summed E-state index contributed by atoms with van der Waals surface area (Å²) in [4.78, 5) is 14.2. The lowest BCUT2D eigenvalue weighted by Crippen LogP contribution is -2.54. The van der Waals surface area contributed by atoms with Crippen LogP contribution in [0.1, 0.15) is 12.8 Å². The minimum atomic E-state index is -4.70. The molecule has 0 aromatic rings. The number of carbonyl (C=O) groups is 1. The third-order valence-electron chi connectivity index (χ3n) is 3.29. The second kappa shape index (κ2) is 6.51. The summed E-state index contributed by atoms with van der Waals surface area (Å²) in [6, 6.07) is -0.527. The molecule has 8 heteroatoms. The monoisotopic (exact) mass is 286 g/mol. The van der Waals surface area contributed by atoms with Crippen molar-refractivity contribution in [2.24, 2.45) is 0 Å². The zero-order valence-corrected chi connectivity index (χ0v) is 10.7. The third-order valence-corrected chi connectivity index (χ3v) is 3.29. The Morgan fingerprint density at radius 3 is 2.37 bits per heavy atom. The number of halogens is 4. The van der Waals surface area contributed by atoms with E-state index in [9.17, 15) is 22.4 Å². The summed E-state index contributed by atoms with van der Waals surface area (Å²) in [7, 11) is 1.85. The number of carbonyl (C=O) groups excluding carboxylic acids is 1. The molecule has 0 aliphatic carbocycles. The fourth-order valence-electron chi connectivity index (χ4n) is 2.15. The zero-order valence-electron chi connectivity index (χ0n) is 10.7. The molecule has 1 amide bonds. The Morgan fingerprint density at radius 2 is 1.95 bits per heavy atom. The van der Waals surface area contributed by atoms with Crippen molar-refractivity contribution in [1.82, 2.24) is 9.80 Å². The lowest BCUT2D eigenvalue weighted by molar-refractivity contribution is -0.184. The van der Waals surface area contributed by atoms with Gasteiger partial charge < -0.3 is 14.9 Å². The molecule has 19 heavy (non-hydrogen) atoms. The number of piperidine rings is 1. The van der Waals surface area contributed by atoms with Crippen molar-refractivity contribution in [3.05, 3.63) is 0 Å². The Hall–Kier alpha value is -0.890. The quantitative estimate of drug-likeness (QED) is 0.760. The predicted molar refractivity (Wildman–Crippen MR) is 60.3 cm³/mol. The van der Waals surface area contributed by atoms with E-state index in [1.165, 1.54) is 0 Å². The first-order valence-electron chi connectivity index (χ1n) is 6.07. The average molecular weight is 286 g/mol. The van der Waals surface area contributed by atoms with Crippen LogP contribution in [-0.4, -0.2) is 72.5 Å². The number of nitrogens with zero attached hydrogens (tertiary/aromatic N) is 2. The van der Waals surface area contributed by atoms with Crippen molar-refractivity contribution in [2.45, 2.75) is 31.2 Å². The van der Waals surface area contributed by atoms with E-state index in [4.69, 9.17) is 5.11 Å². The highest BCUT2D eigenvalue weighted by atomic mass is 19.3. The fourth-order valence-corrected chi connectivity index (χ4v) is 2.15. The second-order valence-corrected chi connectivity index (χ2v) is 4.68. The molecule has 1 aliphatic rings. The SMILES string of the molecule is CN1CCC(N(CCO)C(=O)C(F)(F)C(F)F)CC1. The van der Waals surface area contributed by atoms with Gasteiger partial charge in [0.25, 0.3) is 5.91 Å². The minimum Gasteiger partial charge on any atom is -0.395 e. The van der Waals surface area contributed by atoms with Gasteiger partial charge in [-0.1, -0.05) is 0 Å². The van der Waals surface area contributed by atoms with Crippen LogP contribution in [0.2, 0.25) is 0 Å². The number of rotatable bonds is 5. The van der Waals surface area contributed by atoms with Crippen molar-refractivity contribution in [3.8, 4) is 0 Å². The maximum Gasteiger partial charge on any atom is 0.383 e. The normalized spacial score (nSPS) is 18.9. The molecule has 1 saturated heterocycles. The van der Waals surface area contributed by atoms with E-state index in [1.54, 1.807) is 0 Å². The van der Waals surface area contributed by atoms with E-state index in [2.05, 4.69) is 0 Å². The molecule has 0 aromatic heterocycles. The van der Waals surface area contributed by atoms with Gasteiger partial charge in [0.2, 0.25) is 0 Å². The number of alkyl halides is 4. The summed E-state index contributed by atoms with van der Waals surface area (Å²) in [5.41, 5.74) is 0. The van der Waals surface area contributed by atoms with Crippen LogP contribution in [-0.2, 0) is 4.79 Å². The fraction of sp³-hybridized carbons (Fsp3) is 0.909. The number of amides is 1. The molecule has 1 rings (SSSR count). The predicted octanol–water partition coefficient (Wildman–Crippen LogP) is 0.802. The van der Waals surface area contributed by atoms with Crippen molar-refractivity contribution in [3.63, 3.8) is 0 Å². The number of hydrogen-bond acceptors (Lipinski definition) is 3. The Bertz CT molecular complexity index is 307. The first-order valence-corrected chi connectivity index (χ1v) is 6.07. The summed E-state index contributed by atoms with van der Waals surface area (Å²) in [5.74, 6) is -6.59. The Morgan fingerprint density at radius 1 is 1.42 bits per heavy atom. The molecule has 4 nitrogen and oxygen atoms in total. The summed E-state index contributed by atoms with van der Waals surface area (Å²) < 4.78 is 50.7. The molecule has 0 atom stereocenters. The summed E-state index contributed by atoms with van der Waals surface area (Å²) >= 11 is 0. The van der Waals surface area contributed by atoms with E-state index in [-0.39, 0.29) is 6.54 Å². The van der Waals surface area contributed by atoms with Gasteiger partial charge in [0, 0.05) is 12.6 Å².